The molecule has 4 rings (SSSR count). The molecule has 3 N–H and O–H groups in total. The van der Waals surface area contributed by atoms with E-state index < -0.39 is 29.1 Å². The van der Waals surface area contributed by atoms with Gasteiger partial charge in [-0.05, 0) is 42.9 Å². The highest BCUT2D eigenvalue weighted by atomic mass is 19.1. The highest BCUT2D eigenvalue weighted by Gasteiger charge is 2.33. The Kier molecular flexibility index (Phi) is 5.77. The number of pyridine rings is 1. The lowest BCUT2D eigenvalue weighted by Gasteiger charge is -2.32. The number of rotatable bonds is 4. The summed E-state index contributed by atoms with van der Waals surface area (Å²) >= 11 is 0. The Hall–Kier alpha value is -3.56. The van der Waals surface area contributed by atoms with Crippen molar-refractivity contribution >= 4 is 12.0 Å². The van der Waals surface area contributed by atoms with Crippen molar-refractivity contribution in [2.24, 2.45) is 5.92 Å². The molecule has 1 saturated heterocycles. The third-order valence-corrected chi connectivity index (χ3v) is 6.26. The van der Waals surface area contributed by atoms with Gasteiger partial charge in [-0.2, -0.15) is 0 Å². The maximum atomic E-state index is 13.1. The van der Waals surface area contributed by atoms with Gasteiger partial charge in [0.05, 0.1) is 5.56 Å². The fourth-order valence-electron chi connectivity index (χ4n) is 4.41. The minimum absolute atomic E-state index is 0.0171. The largest absolute Gasteiger partial charge is 0.504 e. The first kappa shape index (κ1) is 21.7. The van der Waals surface area contributed by atoms with Crippen molar-refractivity contribution in [2.45, 2.75) is 32.4 Å². The molecule has 3 heterocycles. The van der Waals surface area contributed by atoms with E-state index in [0.717, 1.165) is 0 Å². The molecule has 0 radical (unpaired) electrons. The predicted molar refractivity (Wildman–Crippen MR) is 111 cm³/mol. The first-order valence-corrected chi connectivity index (χ1v) is 10.5. The van der Waals surface area contributed by atoms with Crippen LogP contribution in [0.3, 0.4) is 0 Å². The number of hydrogen-bond acceptors (Lipinski definition) is 5. The van der Waals surface area contributed by atoms with Gasteiger partial charge in [-0.1, -0.05) is 12.1 Å². The molecular weight excluding hydrogens is 421 g/mol. The molecule has 1 aromatic heterocycles. The lowest BCUT2D eigenvalue weighted by molar-refractivity contribution is 0.0679. The van der Waals surface area contributed by atoms with E-state index in [1.54, 1.807) is 12.1 Å². The van der Waals surface area contributed by atoms with Gasteiger partial charge in [0.1, 0.15) is 5.82 Å². The van der Waals surface area contributed by atoms with E-state index >= 15 is 0 Å². The van der Waals surface area contributed by atoms with E-state index in [2.05, 4.69) is 0 Å². The molecular formula is C22H24FN3O6. The Morgan fingerprint density at radius 1 is 1.00 bits per heavy atom. The average molecular weight is 445 g/mol. The highest BCUT2D eigenvalue weighted by molar-refractivity contribution is 5.96. The number of carboxylic acid groups (broad SMARTS) is 1. The van der Waals surface area contributed by atoms with E-state index in [1.165, 1.54) is 26.5 Å². The van der Waals surface area contributed by atoms with Gasteiger partial charge in [0.25, 0.3) is 11.5 Å². The van der Waals surface area contributed by atoms with Crippen LogP contribution in [0.5, 0.6) is 11.5 Å². The summed E-state index contributed by atoms with van der Waals surface area (Å²) < 4.78 is 14.3. The van der Waals surface area contributed by atoms with Crippen LogP contribution in [0.15, 0.2) is 29.1 Å². The van der Waals surface area contributed by atoms with Crippen LogP contribution in [-0.2, 0) is 19.5 Å². The summed E-state index contributed by atoms with van der Waals surface area (Å²) in [4.78, 5) is 39.8. The zero-order chi connectivity index (χ0) is 23.0. The normalized spacial score (nSPS) is 16.8. The number of likely N-dealkylation sites (tertiary alicyclic amines) is 1. The number of piperidine rings is 1. The Morgan fingerprint density at radius 2 is 1.66 bits per heavy atom. The summed E-state index contributed by atoms with van der Waals surface area (Å²) in [5.74, 6) is -2.22. The number of fused-ring (bicyclic) bond motifs is 1. The van der Waals surface area contributed by atoms with E-state index in [9.17, 15) is 29.0 Å². The van der Waals surface area contributed by atoms with E-state index in [4.69, 9.17) is 5.11 Å². The fraction of sp³-hybridized carbons (Fsp3) is 0.409. The summed E-state index contributed by atoms with van der Waals surface area (Å²) in [6, 6.07) is 5.69. The fourth-order valence-corrected chi connectivity index (χ4v) is 4.41. The van der Waals surface area contributed by atoms with Crippen LogP contribution in [0.25, 0.3) is 0 Å². The standard InChI is InChI=1S/C22H24FN3O6/c23-15-3-1-14(2-4-15)12-25-9-10-26-17(21(25)30)19(28)18(27)16(20(26)29)11-13-5-7-24(8-6-13)22(31)32/h1-4,13,27-28H,5-12H2,(H,31,32). The summed E-state index contributed by atoms with van der Waals surface area (Å²) in [6.45, 7) is 1.24. The second-order valence-electron chi connectivity index (χ2n) is 8.25. The lowest BCUT2D eigenvalue weighted by Crippen LogP contribution is -2.45. The van der Waals surface area contributed by atoms with Crippen molar-refractivity contribution in [1.82, 2.24) is 14.4 Å². The number of benzene rings is 1. The number of hydrogen-bond donors (Lipinski definition) is 3. The Morgan fingerprint density at radius 3 is 2.28 bits per heavy atom. The van der Waals surface area contributed by atoms with Crippen LogP contribution >= 0.6 is 0 Å². The third-order valence-electron chi connectivity index (χ3n) is 6.26. The van der Waals surface area contributed by atoms with Crippen molar-refractivity contribution in [2.75, 3.05) is 19.6 Å². The lowest BCUT2D eigenvalue weighted by atomic mass is 9.90. The SMILES string of the molecule is O=C(O)N1CCC(Cc2c(O)c(O)c3n(c2=O)CCN(Cc2ccc(F)cc2)C3=O)CC1. The van der Waals surface area contributed by atoms with Crippen molar-refractivity contribution < 1.29 is 29.3 Å². The van der Waals surface area contributed by atoms with Crippen LogP contribution in [-0.4, -0.2) is 61.3 Å². The van der Waals surface area contributed by atoms with Gasteiger partial charge in [-0.3, -0.25) is 14.2 Å². The van der Waals surface area contributed by atoms with Gasteiger partial charge in [-0.25, -0.2) is 9.18 Å². The molecule has 1 fully saturated rings. The Bertz CT molecular complexity index is 1110. The maximum Gasteiger partial charge on any atom is 0.407 e. The van der Waals surface area contributed by atoms with E-state index in [-0.39, 0.29) is 49.0 Å². The maximum absolute atomic E-state index is 13.1. The average Bonchev–Trinajstić information content (AvgIpc) is 2.78. The molecule has 0 saturated carbocycles. The van der Waals surface area contributed by atoms with Gasteiger partial charge in [-0.15, -0.1) is 0 Å². The predicted octanol–water partition coefficient (Wildman–Crippen LogP) is 1.99. The summed E-state index contributed by atoms with van der Waals surface area (Å²) in [6.07, 6.45) is 0.289. The first-order valence-electron chi connectivity index (χ1n) is 10.5. The molecule has 0 spiro atoms. The Labute approximate surface area is 182 Å². The molecule has 170 valence electrons. The number of aromatic hydroxyl groups is 2. The summed E-state index contributed by atoms with van der Waals surface area (Å²) in [5.41, 5.74) is -0.0422. The van der Waals surface area contributed by atoms with Crippen LogP contribution in [0.2, 0.25) is 0 Å². The molecule has 2 aliphatic heterocycles. The number of nitrogens with zero attached hydrogens (tertiary/aromatic N) is 3. The number of halogens is 1. The van der Waals surface area contributed by atoms with E-state index in [0.29, 0.717) is 31.5 Å². The monoisotopic (exact) mass is 445 g/mol. The molecule has 10 heteroatoms. The molecule has 0 aliphatic carbocycles. The molecule has 32 heavy (non-hydrogen) atoms. The van der Waals surface area contributed by atoms with Crippen LogP contribution in [0.1, 0.15) is 34.5 Å². The molecule has 9 nitrogen and oxygen atoms in total. The quantitative estimate of drug-likeness (QED) is 0.661. The van der Waals surface area contributed by atoms with Gasteiger partial charge >= 0.3 is 6.09 Å². The van der Waals surface area contributed by atoms with Crippen LogP contribution in [0, 0.1) is 11.7 Å². The number of aromatic nitrogens is 1. The minimum Gasteiger partial charge on any atom is -0.504 e. The second-order valence-corrected chi connectivity index (χ2v) is 8.25. The molecule has 0 bridgehead atoms. The van der Waals surface area contributed by atoms with Crippen LogP contribution in [0.4, 0.5) is 9.18 Å². The summed E-state index contributed by atoms with van der Waals surface area (Å²) in [5, 5.41) is 30.2. The molecule has 0 atom stereocenters. The third kappa shape index (κ3) is 4.00. The highest BCUT2D eigenvalue weighted by Crippen LogP contribution is 2.35. The van der Waals surface area contributed by atoms with Gasteiger partial charge < -0.3 is 25.1 Å². The number of amides is 2. The zero-order valence-electron chi connectivity index (χ0n) is 17.3. The van der Waals surface area contributed by atoms with E-state index in [1.807, 2.05) is 0 Å². The molecule has 0 unspecified atom stereocenters. The van der Waals surface area contributed by atoms with Gasteiger partial charge in [0.2, 0.25) is 0 Å². The van der Waals surface area contributed by atoms with Crippen molar-refractivity contribution in [1.29, 1.82) is 0 Å². The van der Waals surface area contributed by atoms with Crippen molar-refractivity contribution in [3.8, 4) is 11.5 Å². The van der Waals surface area contributed by atoms with Gasteiger partial charge in [0, 0.05) is 32.7 Å². The van der Waals surface area contributed by atoms with Crippen molar-refractivity contribution in [3.63, 3.8) is 0 Å². The minimum atomic E-state index is -0.985. The molecule has 2 aliphatic rings. The zero-order valence-corrected chi connectivity index (χ0v) is 17.3. The Balaban J connectivity index is 1.56. The van der Waals surface area contributed by atoms with Gasteiger partial charge in [0.15, 0.2) is 17.2 Å². The molecule has 2 aromatic rings. The topological polar surface area (TPSA) is 123 Å². The summed E-state index contributed by atoms with van der Waals surface area (Å²) in [7, 11) is 0. The number of carbonyl (C=O) groups excluding carboxylic acids is 1. The molecule has 2 amide bonds. The second kappa shape index (κ2) is 8.52. The number of carbonyl (C=O) groups is 2. The molecule has 1 aromatic carbocycles. The van der Waals surface area contributed by atoms with Crippen molar-refractivity contribution in [3.05, 3.63) is 57.3 Å². The van der Waals surface area contributed by atoms with Crippen LogP contribution < -0.4 is 5.56 Å². The first-order chi connectivity index (χ1) is 15.3. The smallest absolute Gasteiger partial charge is 0.407 e.